The van der Waals surface area contributed by atoms with E-state index in [9.17, 15) is 2.74 Å². The summed E-state index contributed by atoms with van der Waals surface area (Å²) in [6, 6.07) is 144. The Morgan fingerprint density at radius 2 is 0.516 bits per heavy atom. The first-order valence-electron chi connectivity index (χ1n) is 44.1. The van der Waals surface area contributed by atoms with E-state index in [0.717, 1.165) is 207 Å². The van der Waals surface area contributed by atoms with Crippen LogP contribution in [0, 0.1) is 16.2 Å². The van der Waals surface area contributed by atoms with E-state index in [2.05, 4.69) is 469 Å². The second-order valence-electron chi connectivity index (χ2n) is 36.9. The number of benzene rings is 17. The molecule has 0 amide bonds. The highest BCUT2D eigenvalue weighted by atomic mass is 15.2. The van der Waals surface area contributed by atoms with Gasteiger partial charge in [0, 0.05) is 69.5 Å². The van der Waals surface area contributed by atoms with Gasteiger partial charge >= 0.3 is 0 Å². The zero-order valence-corrected chi connectivity index (χ0v) is 70.7. The number of aromatic nitrogens is 2. The molecular formula is C117H97BN4. The molecule has 0 fully saturated rings. The average Bonchev–Trinajstić information content (AvgIpc) is 0.725. The lowest BCUT2D eigenvalue weighted by molar-refractivity contribution is 0.411. The van der Waals surface area contributed by atoms with Crippen molar-refractivity contribution < 1.29 is 2.74 Å². The van der Waals surface area contributed by atoms with E-state index in [1.54, 1.807) is 0 Å². The Morgan fingerprint density at radius 1 is 0.238 bits per heavy atom. The van der Waals surface area contributed by atoms with Crippen molar-refractivity contribution >= 4 is 101 Å². The van der Waals surface area contributed by atoms with Crippen LogP contribution in [0.25, 0.3) is 144 Å². The highest BCUT2D eigenvalue weighted by Gasteiger charge is 2.46. The van der Waals surface area contributed by atoms with Crippen molar-refractivity contribution in [2.45, 2.75) is 81.5 Å². The van der Waals surface area contributed by atoms with Gasteiger partial charge in [0.1, 0.15) is 0 Å². The SMILES string of the molecule is [2H]C([2H])(c1cc2c3c(c1)N(c1cc(-c4ccccc4)c(CC(C)(C)C)cc1-c1ccccc1)c1cc(-n4c5ccc(-c6ccccc6)cc5c5cc(-c6ccccc6)ccc54)ccc1B3c1ccc(-n3c4ccc(-c5ccccc5)cc4c4cc(-c5ccccc5)ccc43)cc1N2c1cc(-c2ccccc2)c(CC(C)(C)C)cc1-c1ccccc1)C(C)(C)C. The van der Waals surface area contributed by atoms with Gasteiger partial charge in [-0.3, -0.25) is 0 Å². The molecule has 0 radical (unpaired) electrons. The van der Waals surface area contributed by atoms with Crippen LogP contribution >= 0.6 is 0 Å². The number of hydrogen-bond acceptors (Lipinski definition) is 2. The first-order valence-corrected chi connectivity index (χ1v) is 43.1. The topological polar surface area (TPSA) is 16.3 Å². The van der Waals surface area contributed by atoms with Crippen LogP contribution in [0.5, 0.6) is 0 Å². The molecule has 0 bridgehead atoms. The van der Waals surface area contributed by atoms with Gasteiger partial charge in [-0.2, -0.15) is 0 Å². The highest BCUT2D eigenvalue weighted by Crippen LogP contribution is 2.54. The molecule has 0 aliphatic carbocycles. The molecule has 2 aliphatic rings. The highest BCUT2D eigenvalue weighted by molar-refractivity contribution is 7.00. The minimum absolute atomic E-state index is 0.0865. The van der Waals surface area contributed by atoms with Gasteiger partial charge in [-0.25, -0.2) is 0 Å². The van der Waals surface area contributed by atoms with E-state index >= 15 is 0 Å². The van der Waals surface area contributed by atoms with Gasteiger partial charge in [0.2, 0.25) is 0 Å². The second-order valence-corrected chi connectivity index (χ2v) is 36.9. The third kappa shape index (κ3) is 13.8. The number of rotatable bonds is 15. The van der Waals surface area contributed by atoms with Crippen molar-refractivity contribution in [2.75, 3.05) is 9.80 Å². The molecule has 2 aliphatic heterocycles. The maximum absolute atomic E-state index is 11.0. The lowest BCUT2D eigenvalue weighted by Gasteiger charge is -2.46. The summed E-state index contributed by atoms with van der Waals surface area (Å²) >= 11 is 0. The van der Waals surface area contributed by atoms with Gasteiger partial charge in [-0.05, 0) is 256 Å². The molecular weight excluding hydrogens is 1470 g/mol. The van der Waals surface area contributed by atoms with Crippen molar-refractivity contribution in [2.24, 2.45) is 16.2 Å². The average molecular weight is 1570 g/mol. The Bertz CT molecular complexity index is 6730. The zero-order chi connectivity index (χ0) is 84.5. The molecule has 2 aromatic heterocycles. The van der Waals surface area contributed by atoms with Gasteiger partial charge in [0.05, 0.1) is 33.4 Å². The van der Waals surface area contributed by atoms with Gasteiger partial charge in [-0.15, -0.1) is 0 Å². The Hall–Kier alpha value is -14.0. The standard InChI is InChI=1S/C117H97BN4/c1-115(2,3)74-77-62-112-114-113(63-77)122(109-73-95(83-44-28-15-29-45-83)91(76-117(7,8)9)69-97(109)85-48-32-17-33-49-85)111-71-93(120-106-60-52-88(80-38-22-12-23-39-80)66-100(106)101-67-89(53-61-107(101)120)81-40-24-13-25-41-81)55-57-103(111)118(114)102-56-54-92(119-104-58-50-86(78-34-18-10-19-35-78)64-98(104)99-65-87(51-59-105(99)119)79-36-20-11-21-37-79)70-110(102)121(112)108-72-94(82-42-26-14-27-43-82)90(75-116(4,5)6)68-96(108)84-46-30-16-31-47-84/h10-73H,74-76H2,1-9H3/i74D2. The van der Waals surface area contributed by atoms with Crippen LogP contribution in [0.2, 0.25) is 0 Å². The summed E-state index contributed by atoms with van der Waals surface area (Å²) in [6.07, 6.45) is -0.284. The molecule has 588 valence electrons. The molecule has 5 heteroatoms. The van der Waals surface area contributed by atoms with Crippen LogP contribution in [0.1, 0.15) is 81.7 Å². The summed E-state index contributed by atoms with van der Waals surface area (Å²) in [4.78, 5) is 5.17. The number of anilines is 6. The Morgan fingerprint density at radius 3 is 0.795 bits per heavy atom. The fraction of sp³-hybridized carbons (Fsp3) is 0.128. The predicted octanol–water partition coefficient (Wildman–Crippen LogP) is 30.1. The summed E-state index contributed by atoms with van der Waals surface area (Å²) in [5.41, 5.74) is 35.7. The Labute approximate surface area is 720 Å². The second kappa shape index (κ2) is 30.1. The molecule has 122 heavy (non-hydrogen) atoms. The summed E-state index contributed by atoms with van der Waals surface area (Å²) in [5, 5.41) is 4.63. The molecule has 0 N–H and O–H groups in total. The van der Waals surface area contributed by atoms with E-state index in [-0.39, 0.29) is 10.8 Å². The molecule has 0 saturated heterocycles. The summed E-state index contributed by atoms with van der Waals surface area (Å²) < 4.78 is 27.1. The zero-order valence-electron chi connectivity index (χ0n) is 72.7. The molecule has 0 atom stereocenters. The number of hydrogen-bond donors (Lipinski definition) is 0. The fourth-order valence-electron chi connectivity index (χ4n) is 19.7. The monoisotopic (exact) mass is 1570 g/mol. The van der Waals surface area contributed by atoms with Gasteiger partial charge in [0.15, 0.2) is 0 Å². The first-order chi connectivity index (χ1) is 60.1. The third-order valence-corrected chi connectivity index (χ3v) is 24.7. The van der Waals surface area contributed by atoms with Crippen molar-refractivity contribution in [3.63, 3.8) is 0 Å². The lowest BCUT2D eigenvalue weighted by atomic mass is 9.33. The third-order valence-electron chi connectivity index (χ3n) is 24.7. The van der Waals surface area contributed by atoms with E-state index in [1.807, 2.05) is 0 Å². The van der Waals surface area contributed by atoms with Crippen LogP contribution in [-0.4, -0.2) is 15.8 Å². The van der Waals surface area contributed by atoms with E-state index in [0.29, 0.717) is 5.56 Å². The quantitative estimate of drug-likeness (QED) is 0.0951. The molecule has 0 saturated carbocycles. The summed E-state index contributed by atoms with van der Waals surface area (Å²) in [6.45, 7) is 19.9. The van der Waals surface area contributed by atoms with Crippen molar-refractivity contribution in [1.82, 2.24) is 9.13 Å². The van der Waals surface area contributed by atoms with Gasteiger partial charge < -0.3 is 18.9 Å². The van der Waals surface area contributed by atoms with E-state index in [4.69, 9.17) is 0 Å². The van der Waals surface area contributed by atoms with Crippen LogP contribution in [-0.2, 0) is 19.2 Å². The molecule has 0 spiro atoms. The molecule has 4 nitrogen and oxygen atoms in total. The minimum atomic E-state index is -1.92. The number of fused-ring (bicyclic) bond motifs is 10. The Balaban J connectivity index is 0.919. The summed E-state index contributed by atoms with van der Waals surface area (Å²) in [5.74, 6) is 0. The normalized spacial score (nSPS) is 13.0. The van der Waals surface area contributed by atoms with Crippen molar-refractivity contribution in [1.29, 1.82) is 0 Å². The molecule has 19 aromatic rings. The van der Waals surface area contributed by atoms with Crippen molar-refractivity contribution in [3.8, 4) is 100 Å². The maximum atomic E-state index is 11.0. The van der Waals surface area contributed by atoms with E-state index < -0.39 is 18.5 Å². The number of nitrogens with zero attached hydrogens (tertiary/aromatic N) is 4. The Kier molecular flexibility index (Phi) is 18.0. The molecule has 21 rings (SSSR count). The van der Waals surface area contributed by atoms with Crippen LogP contribution in [0.15, 0.2) is 388 Å². The van der Waals surface area contributed by atoms with Gasteiger partial charge in [-0.1, -0.05) is 341 Å². The van der Waals surface area contributed by atoms with Gasteiger partial charge in [0.25, 0.3) is 6.71 Å². The fourth-order valence-corrected chi connectivity index (χ4v) is 19.7. The smallest absolute Gasteiger partial charge is 0.252 e. The summed E-state index contributed by atoms with van der Waals surface area (Å²) in [7, 11) is 0. The minimum Gasteiger partial charge on any atom is -0.311 e. The van der Waals surface area contributed by atoms with Crippen LogP contribution in [0.3, 0.4) is 0 Å². The first kappa shape index (κ1) is 73.2. The molecule has 17 aromatic carbocycles. The van der Waals surface area contributed by atoms with E-state index in [1.165, 1.54) is 11.1 Å². The van der Waals surface area contributed by atoms with Crippen LogP contribution in [0.4, 0.5) is 34.1 Å². The largest absolute Gasteiger partial charge is 0.311 e. The van der Waals surface area contributed by atoms with Crippen molar-refractivity contribution in [3.05, 3.63) is 405 Å². The maximum Gasteiger partial charge on any atom is 0.252 e. The molecule has 4 heterocycles. The van der Waals surface area contributed by atoms with Crippen LogP contribution < -0.4 is 26.2 Å². The lowest BCUT2D eigenvalue weighted by Crippen LogP contribution is -2.61. The predicted molar refractivity (Wildman–Crippen MR) is 522 cm³/mol. The molecule has 0 unspecified atom stereocenters.